The van der Waals surface area contributed by atoms with Gasteiger partial charge < -0.3 is 30.1 Å². The molecule has 0 radical (unpaired) electrons. The van der Waals surface area contributed by atoms with Gasteiger partial charge >= 0.3 is 0 Å². The van der Waals surface area contributed by atoms with Crippen molar-refractivity contribution in [1.29, 1.82) is 0 Å². The average molecular weight is 335 g/mol. The van der Waals surface area contributed by atoms with Crippen LogP contribution in [0.2, 0.25) is 0 Å². The molecule has 0 aliphatic carbocycles. The fraction of sp³-hybridized carbons (Fsp3) is 0.588. The van der Waals surface area contributed by atoms with Crippen molar-refractivity contribution in [2.45, 2.75) is 12.0 Å². The van der Waals surface area contributed by atoms with Gasteiger partial charge in [-0.15, -0.1) is 0 Å². The Labute approximate surface area is 141 Å². The number of aliphatic hydroxyl groups is 1. The summed E-state index contributed by atoms with van der Waals surface area (Å²) in [5.41, 5.74) is 0.608. The van der Waals surface area contributed by atoms with Crippen LogP contribution in [-0.4, -0.2) is 69.7 Å². The molecule has 7 heteroatoms. The summed E-state index contributed by atoms with van der Waals surface area (Å²) >= 11 is 0. The smallest absolute Gasteiger partial charge is 0.251 e. The monoisotopic (exact) mass is 335 g/mol. The Morgan fingerprint density at radius 3 is 2.92 bits per heavy atom. The number of ether oxygens (including phenoxy) is 2. The molecular formula is C17H25N3O4. The van der Waals surface area contributed by atoms with Crippen LogP contribution in [0.5, 0.6) is 5.75 Å². The van der Waals surface area contributed by atoms with Crippen molar-refractivity contribution in [2.75, 3.05) is 57.9 Å². The predicted octanol–water partition coefficient (Wildman–Crippen LogP) is -0.0140. The summed E-state index contributed by atoms with van der Waals surface area (Å²) in [4.78, 5) is 14.6. The van der Waals surface area contributed by atoms with Crippen LogP contribution in [-0.2, 0) is 4.74 Å². The second-order valence-electron chi connectivity index (χ2n) is 6.32. The number of benzene rings is 1. The predicted molar refractivity (Wildman–Crippen MR) is 90.8 cm³/mol. The molecule has 24 heavy (non-hydrogen) atoms. The number of hydrogen-bond acceptors (Lipinski definition) is 6. The first kappa shape index (κ1) is 17.0. The number of carbonyl (C=O) groups is 1. The molecular weight excluding hydrogens is 310 g/mol. The van der Waals surface area contributed by atoms with Gasteiger partial charge in [-0.25, -0.2) is 0 Å². The highest BCUT2D eigenvalue weighted by molar-refractivity contribution is 5.95. The van der Waals surface area contributed by atoms with E-state index in [0.29, 0.717) is 31.7 Å². The molecule has 1 aromatic rings. The summed E-state index contributed by atoms with van der Waals surface area (Å²) < 4.78 is 10.8. The Bertz CT molecular complexity index is 581. The zero-order valence-electron chi connectivity index (χ0n) is 14.0. The highest BCUT2D eigenvalue weighted by atomic mass is 16.5. The van der Waals surface area contributed by atoms with Gasteiger partial charge in [0.25, 0.3) is 5.91 Å². The minimum atomic E-state index is -0.852. The van der Waals surface area contributed by atoms with E-state index in [1.54, 1.807) is 13.2 Å². The SMILES string of the molecule is COc1ccc(C(=O)NC[C@@]2(O)CCNC2)cc1N1CCOCC1. The fourth-order valence-corrected chi connectivity index (χ4v) is 3.11. The van der Waals surface area contributed by atoms with E-state index in [9.17, 15) is 9.90 Å². The number of morpholine rings is 1. The van der Waals surface area contributed by atoms with Gasteiger partial charge in [0.15, 0.2) is 0 Å². The van der Waals surface area contributed by atoms with E-state index in [0.717, 1.165) is 31.1 Å². The van der Waals surface area contributed by atoms with Crippen LogP contribution < -0.4 is 20.3 Å². The van der Waals surface area contributed by atoms with E-state index in [4.69, 9.17) is 9.47 Å². The third-order valence-electron chi connectivity index (χ3n) is 4.59. The molecule has 132 valence electrons. The lowest BCUT2D eigenvalue weighted by atomic mass is 10.0. The summed E-state index contributed by atoms with van der Waals surface area (Å²) in [5.74, 6) is 0.555. The van der Waals surface area contributed by atoms with E-state index >= 15 is 0 Å². The first-order chi connectivity index (χ1) is 11.6. The summed E-state index contributed by atoms with van der Waals surface area (Å²) in [6.45, 7) is 4.40. The number of nitrogens with one attached hydrogen (secondary N) is 2. The molecule has 3 rings (SSSR count). The number of methoxy groups -OCH3 is 1. The van der Waals surface area contributed by atoms with Gasteiger partial charge in [0.2, 0.25) is 0 Å². The number of amides is 1. The highest BCUT2D eigenvalue weighted by Gasteiger charge is 2.31. The maximum absolute atomic E-state index is 12.5. The molecule has 3 N–H and O–H groups in total. The molecule has 0 saturated carbocycles. The molecule has 0 unspecified atom stereocenters. The number of nitrogens with zero attached hydrogens (tertiary/aromatic N) is 1. The quantitative estimate of drug-likeness (QED) is 0.702. The summed E-state index contributed by atoms with van der Waals surface area (Å²) in [6, 6.07) is 5.40. The van der Waals surface area contributed by atoms with Gasteiger partial charge in [0, 0.05) is 31.7 Å². The molecule has 0 spiro atoms. The molecule has 1 amide bonds. The second-order valence-corrected chi connectivity index (χ2v) is 6.32. The molecule has 2 aliphatic rings. The normalized spacial score (nSPS) is 24.0. The molecule has 2 fully saturated rings. The first-order valence-corrected chi connectivity index (χ1v) is 8.33. The zero-order valence-corrected chi connectivity index (χ0v) is 14.0. The van der Waals surface area contributed by atoms with E-state index in [1.165, 1.54) is 0 Å². The molecule has 1 atom stereocenters. The van der Waals surface area contributed by atoms with Crippen LogP contribution >= 0.6 is 0 Å². The number of hydrogen-bond donors (Lipinski definition) is 3. The average Bonchev–Trinajstić information content (AvgIpc) is 3.07. The van der Waals surface area contributed by atoms with E-state index < -0.39 is 5.60 Å². The maximum Gasteiger partial charge on any atom is 0.251 e. The lowest BCUT2D eigenvalue weighted by Crippen LogP contribution is -2.44. The zero-order chi connectivity index (χ0) is 17.0. The van der Waals surface area contributed by atoms with Crippen molar-refractivity contribution in [3.05, 3.63) is 23.8 Å². The van der Waals surface area contributed by atoms with Crippen LogP contribution in [0, 0.1) is 0 Å². The first-order valence-electron chi connectivity index (χ1n) is 8.33. The molecule has 1 aromatic carbocycles. The Kier molecular flexibility index (Phi) is 5.23. The van der Waals surface area contributed by atoms with Crippen molar-refractivity contribution >= 4 is 11.6 Å². The second kappa shape index (κ2) is 7.38. The minimum Gasteiger partial charge on any atom is -0.495 e. The molecule has 0 aromatic heterocycles. The van der Waals surface area contributed by atoms with Gasteiger partial charge in [0.05, 0.1) is 31.6 Å². The van der Waals surface area contributed by atoms with E-state index in [1.807, 2.05) is 12.1 Å². The third-order valence-corrected chi connectivity index (χ3v) is 4.59. The topological polar surface area (TPSA) is 83.1 Å². The van der Waals surface area contributed by atoms with Crippen molar-refractivity contribution in [2.24, 2.45) is 0 Å². The van der Waals surface area contributed by atoms with E-state index in [2.05, 4.69) is 15.5 Å². The lowest BCUT2D eigenvalue weighted by molar-refractivity contribution is 0.0562. The number of anilines is 1. The van der Waals surface area contributed by atoms with Crippen molar-refractivity contribution < 1.29 is 19.4 Å². The molecule has 7 nitrogen and oxygen atoms in total. The Morgan fingerprint density at radius 2 is 2.25 bits per heavy atom. The van der Waals surface area contributed by atoms with Crippen molar-refractivity contribution in [1.82, 2.24) is 10.6 Å². The van der Waals surface area contributed by atoms with Crippen molar-refractivity contribution in [3.63, 3.8) is 0 Å². The number of carbonyl (C=O) groups excluding carboxylic acids is 1. The largest absolute Gasteiger partial charge is 0.495 e. The molecule has 2 aliphatic heterocycles. The molecule has 2 saturated heterocycles. The Balaban J connectivity index is 1.71. The summed E-state index contributed by atoms with van der Waals surface area (Å²) in [7, 11) is 1.63. The van der Waals surface area contributed by atoms with E-state index in [-0.39, 0.29) is 12.5 Å². The summed E-state index contributed by atoms with van der Waals surface area (Å²) in [6.07, 6.45) is 0.648. The van der Waals surface area contributed by atoms with Crippen LogP contribution in [0.4, 0.5) is 5.69 Å². The Morgan fingerprint density at radius 1 is 1.46 bits per heavy atom. The minimum absolute atomic E-state index is 0.188. The van der Waals surface area contributed by atoms with Gasteiger partial charge in [0.1, 0.15) is 5.75 Å². The van der Waals surface area contributed by atoms with Gasteiger partial charge in [-0.05, 0) is 31.2 Å². The van der Waals surface area contributed by atoms with Crippen LogP contribution in [0.15, 0.2) is 18.2 Å². The van der Waals surface area contributed by atoms with Gasteiger partial charge in [-0.2, -0.15) is 0 Å². The number of β-amino-alcohol motifs (C(OH)–C–C–N with tert-alkyl or cyclic N) is 1. The van der Waals surface area contributed by atoms with Crippen LogP contribution in [0.1, 0.15) is 16.8 Å². The van der Waals surface area contributed by atoms with Gasteiger partial charge in [-0.3, -0.25) is 4.79 Å². The summed E-state index contributed by atoms with van der Waals surface area (Å²) in [5, 5.41) is 16.3. The third kappa shape index (κ3) is 3.80. The van der Waals surface area contributed by atoms with Crippen LogP contribution in [0.25, 0.3) is 0 Å². The Hall–Kier alpha value is -1.83. The molecule has 0 bridgehead atoms. The standard InChI is InChI=1S/C17H25N3O4/c1-23-15-3-2-13(10-14(15)20-6-8-24-9-7-20)16(21)19-12-17(22)4-5-18-11-17/h2-3,10,18,22H,4-9,11-12H2,1H3,(H,19,21)/t17-/m1/s1. The maximum atomic E-state index is 12.5. The van der Waals surface area contributed by atoms with Crippen LogP contribution in [0.3, 0.4) is 0 Å². The molecule has 2 heterocycles. The number of rotatable bonds is 5. The highest BCUT2D eigenvalue weighted by Crippen LogP contribution is 2.30. The fourth-order valence-electron chi connectivity index (χ4n) is 3.11. The lowest BCUT2D eigenvalue weighted by Gasteiger charge is -2.30. The van der Waals surface area contributed by atoms with Gasteiger partial charge in [-0.1, -0.05) is 0 Å². The van der Waals surface area contributed by atoms with Crippen molar-refractivity contribution in [3.8, 4) is 5.75 Å².